The van der Waals surface area contributed by atoms with Gasteiger partial charge in [0.1, 0.15) is 11.6 Å². The van der Waals surface area contributed by atoms with E-state index < -0.39 is 0 Å². The monoisotopic (exact) mass is 272 g/mol. The second kappa shape index (κ2) is 4.28. The van der Waals surface area contributed by atoms with Gasteiger partial charge in [0.25, 0.3) is 0 Å². The SMILES string of the molecule is Cc1ccc(-c2nc3cccc(Cl)c3n2C)cc1O. The Morgan fingerprint density at radius 1 is 1.21 bits per heavy atom. The highest BCUT2D eigenvalue weighted by Crippen LogP contribution is 2.30. The summed E-state index contributed by atoms with van der Waals surface area (Å²) in [4.78, 5) is 4.58. The second-order valence-corrected chi connectivity index (χ2v) is 5.01. The van der Waals surface area contributed by atoms with E-state index in [4.69, 9.17) is 11.6 Å². The highest BCUT2D eigenvalue weighted by Gasteiger charge is 2.12. The first-order chi connectivity index (χ1) is 9.08. The number of para-hydroxylation sites is 1. The van der Waals surface area contributed by atoms with Crippen LogP contribution in [-0.4, -0.2) is 14.7 Å². The van der Waals surface area contributed by atoms with Gasteiger partial charge in [-0.3, -0.25) is 0 Å². The molecule has 0 radical (unpaired) electrons. The summed E-state index contributed by atoms with van der Waals surface area (Å²) in [5, 5.41) is 10.5. The minimum absolute atomic E-state index is 0.274. The number of halogens is 1. The van der Waals surface area contributed by atoms with E-state index in [9.17, 15) is 5.11 Å². The van der Waals surface area contributed by atoms with Crippen molar-refractivity contribution in [3.05, 3.63) is 47.0 Å². The van der Waals surface area contributed by atoms with Gasteiger partial charge in [0, 0.05) is 12.6 Å². The summed E-state index contributed by atoms with van der Waals surface area (Å²) in [5.41, 5.74) is 3.47. The van der Waals surface area contributed by atoms with Crippen molar-refractivity contribution in [2.24, 2.45) is 7.05 Å². The van der Waals surface area contributed by atoms with Gasteiger partial charge in [-0.15, -0.1) is 0 Å². The van der Waals surface area contributed by atoms with Gasteiger partial charge in [-0.05, 0) is 30.7 Å². The molecule has 4 heteroatoms. The third-order valence-electron chi connectivity index (χ3n) is 3.31. The van der Waals surface area contributed by atoms with Crippen molar-refractivity contribution in [1.82, 2.24) is 9.55 Å². The van der Waals surface area contributed by atoms with Gasteiger partial charge in [-0.2, -0.15) is 0 Å². The molecule has 0 unspecified atom stereocenters. The van der Waals surface area contributed by atoms with Crippen molar-refractivity contribution in [2.45, 2.75) is 6.92 Å². The maximum atomic E-state index is 9.82. The minimum atomic E-state index is 0.274. The molecule has 3 aromatic rings. The van der Waals surface area contributed by atoms with Gasteiger partial charge >= 0.3 is 0 Å². The third kappa shape index (κ3) is 1.87. The summed E-state index contributed by atoms with van der Waals surface area (Å²) in [5.74, 6) is 1.06. The molecule has 0 aliphatic carbocycles. The van der Waals surface area contributed by atoms with E-state index in [1.165, 1.54) is 0 Å². The summed E-state index contributed by atoms with van der Waals surface area (Å²) in [6.45, 7) is 1.87. The maximum absolute atomic E-state index is 9.82. The van der Waals surface area contributed by atoms with Gasteiger partial charge in [-0.25, -0.2) is 4.98 Å². The van der Waals surface area contributed by atoms with Crippen molar-refractivity contribution >= 4 is 22.6 Å². The Bertz CT molecular complexity index is 777. The largest absolute Gasteiger partial charge is 0.508 e. The van der Waals surface area contributed by atoms with Crippen LogP contribution >= 0.6 is 11.6 Å². The summed E-state index contributed by atoms with van der Waals surface area (Å²) < 4.78 is 1.95. The van der Waals surface area contributed by atoms with Crippen LogP contribution in [0, 0.1) is 6.92 Å². The van der Waals surface area contributed by atoms with Gasteiger partial charge in [0.05, 0.1) is 16.1 Å². The van der Waals surface area contributed by atoms with Crippen LogP contribution in [0.3, 0.4) is 0 Å². The molecule has 0 saturated heterocycles. The summed E-state index contributed by atoms with van der Waals surface area (Å²) in [6.07, 6.45) is 0. The fraction of sp³-hybridized carbons (Fsp3) is 0.133. The van der Waals surface area contributed by atoms with E-state index >= 15 is 0 Å². The topological polar surface area (TPSA) is 38.0 Å². The summed E-state index contributed by atoms with van der Waals surface area (Å²) in [7, 11) is 1.92. The molecular formula is C15H13ClN2O. The number of rotatable bonds is 1. The molecule has 3 rings (SSSR count). The maximum Gasteiger partial charge on any atom is 0.141 e. The lowest BCUT2D eigenvalue weighted by atomic mass is 10.1. The van der Waals surface area contributed by atoms with Crippen LogP contribution in [0.5, 0.6) is 5.75 Å². The van der Waals surface area contributed by atoms with E-state index in [1.807, 2.05) is 48.9 Å². The fourth-order valence-corrected chi connectivity index (χ4v) is 2.52. The molecule has 0 fully saturated rings. The lowest BCUT2D eigenvalue weighted by molar-refractivity contribution is 0.471. The number of nitrogens with zero attached hydrogens (tertiary/aromatic N) is 2. The van der Waals surface area contributed by atoms with Crippen molar-refractivity contribution in [1.29, 1.82) is 0 Å². The first kappa shape index (κ1) is 12.1. The van der Waals surface area contributed by atoms with Gasteiger partial charge < -0.3 is 9.67 Å². The lowest BCUT2D eigenvalue weighted by Gasteiger charge is -2.05. The first-order valence-corrected chi connectivity index (χ1v) is 6.36. The average Bonchev–Trinajstić information content (AvgIpc) is 2.72. The van der Waals surface area contributed by atoms with Crippen LogP contribution in [-0.2, 0) is 7.05 Å². The van der Waals surface area contributed by atoms with Crippen LogP contribution in [0.25, 0.3) is 22.4 Å². The lowest BCUT2D eigenvalue weighted by Crippen LogP contribution is -1.93. The Labute approximate surface area is 116 Å². The zero-order valence-corrected chi connectivity index (χ0v) is 11.4. The van der Waals surface area contributed by atoms with Crippen LogP contribution in [0.2, 0.25) is 5.02 Å². The Morgan fingerprint density at radius 3 is 2.68 bits per heavy atom. The van der Waals surface area contributed by atoms with E-state index in [0.717, 1.165) is 28.0 Å². The van der Waals surface area contributed by atoms with E-state index in [-0.39, 0.29) is 5.75 Å². The normalized spacial score (nSPS) is 11.1. The van der Waals surface area contributed by atoms with Crippen molar-refractivity contribution < 1.29 is 5.11 Å². The van der Waals surface area contributed by atoms with Gasteiger partial charge in [0.15, 0.2) is 0 Å². The highest BCUT2D eigenvalue weighted by atomic mass is 35.5. The Balaban J connectivity index is 2.28. The van der Waals surface area contributed by atoms with Crippen LogP contribution < -0.4 is 0 Å². The molecule has 1 heterocycles. The Kier molecular flexibility index (Phi) is 2.72. The molecule has 3 nitrogen and oxygen atoms in total. The number of benzene rings is 2. The number of hydrogen-bond acceptors (Lipinski definition) is 2. The van der Waals surface area contributed by atoms with Crippen LogP contribution in [0.1, 0.15) is 5.56 Å². The average molecular weight is 273 g/mol. The van der Waals surface area contributed by atoms with Gasteiger partial charge in [0.2, 0.25) is 0 Å². The molecular weight excluding hydrogens is 260 g/mol. The quantitative estimate of drug-likeness (QED) is 0.729. The molecule has 2 aromatic carbocycles. The molecule has 0 saturated carbocycles. The van der Waals surface area contributed by atoms with Crippen LogP contribution in [0.4, 0.5) is 0 Å². The Hall–Kier alpha value is -2.00. The number of imidazole rings is 1. The molecule has 0 spiro atoms. The number of phenols is 1. The third-order valence-corrected chi connectivity index (χ3v) is 3.62. The van der Waals surface area contributed by atoms with E-state index in [0.29, 0.717) is 5.02 Å². The molecule has 0 atom stereocenters. The van der Waals surface area contributed by atoms with E-state index in [1.54, 1.807) is 6.07 Å². The molecule has 1 aromatic heterocycles. The predicted molar refractivity (Wildman–Crippen MR) is 77.6 cm³/mol. The molecule has 0 amide bonds. The van der Waals surface area contributed by atoms with Crippen molar-refractivity contribution in [3.8, 4) is 17.1 Å². The number of aromatic nitrogens is 2. The number of fused-ring (bicyclic) bond motifs is 1. The molecule has 0 aliphatic heterocycles. The van der Waals surface area contributed by atoms with E-state index in [2.05, 4.69) is 4.98 Å². The summed E-state index contributed by atoms with van der Waals surface area (Å²) >= 11 is 6.21. The zero-order chi connectivity index (χ0) is 13.6. The number of phenolic OH excluding ortho intramolecular Hbond substituents is 1. The smallest absolute Gasteiger partial charge is 0.141 e. The fourth-order valence-electron chi connectivity index (χ4n) is 2.23. The molecule has 0 aliphatic rings. The summed E-state index contributed by atoms with van der Waals surface area (Å²) in [6, 6.07) is 11.2. The minimum Gasteiger partial charge on any atom is -0.508 e. The zero-order valence-electron chi connectivity index (χ0n) is 10.7. The molecule has 0 bridgehead atoms. The first-order valence-electron chi connectivity index (χ1n) is 5.99. The number of aryl methyl sites for hydroxylation is 2. The highest BCUT2D eigenvalue weighted by molar-refractivity contribution is 6.35. The Morgan fingerprint density at radius 2 is 2.00 bits per heavy atom. The molecule has 1 N–H and O–H groups in total. The van der Waals surface area contributed by atoms with Crippen molar-refractivity contribution in [2.75, 3.05) is 0 Å². The second-order valence-electron chi connectivity index (χ2n) is 4.60. The van der Waals surface area contributed by atoms with Crippen LogP contribution in [0.15, 0.2) is 36.4 Å². The molecule has 19 heavy (non-hydrogen) atoms. The van der Waals surface area contributed by atoms with Crippen molar-refractivity contribution in [3.63, 3.8) is 0 Å². The standard InChI is InChI=1S/C15H13ClN2O/c1-9-6-7-10(8-13(9)19)15-17-12-5-3-4-11(16)14(12)18(15)2/h3-8,19H,1-2H3. The van der Waals surface area contributed by atoms with Gasteiger partial charge in [-0.1, -0.05) is 29.8 Å². The predicted octanol–water partition coefficient (Wildman–Crippen LogP) is 3.91. The number of hydrogen-bond donors (Lipinski definition) is 1. The number of aromatic hydroxyl groups is 1. The molecule has 96 valence electrons.